The average Bonchev–Trinajstić information content (AvgIpc) is 0.911. The number of carbonyl (C=O) groups excluding carboxylic acids is 6. The van der Waals surface area contributed by atoms with E-state index < -0.39 is 66.2 Å². The largest absolute Gasteiger partial charge is 0.487 e. The van der Waals surface area contributed by atoms with Crippen molar-refractivity contribution in [1.29, 1.82) is 0 Å². The van der Waals surface area contributed by atoms with Gasteiger partial charge in [0, 0.05) is 72.2 Å². The van der Waals surface area contributed by atoms with Gasteiger partial charge >= 0.3 is 36.2 Å². The third-order valence-corrected chi connectivity index (χ3v) is 13.7. The highest BCUT2D eigenvalue weighted by atomic mass is 16.7. The highest BCUT2D eigenvalue weighted by Crippen LogP contribution is 2.33. The number of hydrogen-bond acceptors (Lipinski definition) is 22. The summed E-state index contributed by atoms with van der Waals surface area (Å²) in [4.78, 5) is 76.9. The monoisotopic (exact) mass is 1260 g/mol. The van der Waals surface area contributed by atoms with Crippen molar-refractivity contribution in [3.8, 4) is 23.0 Å². The molecule has 496 valence electrons. The number of benzene rings is 2. The Bertz CT molecular complexity index is 2830. The van der Waals surface area contributed by atoms with Crippen molar-refractivity contribution < 1.29 is 99.7 Å². The lowest BCUT2D eigenvalue weighted by Crippen LogP contribution is -2.65. The first kappa shape index (κ1) is 71.4. The number of unbranched alkanes of at least 4 members (excludes halogenated alkanes) is 6. The molecule has 1 saturated heterocycles. The Morgan fingerprint density at radius 3 is 1.73 bits per heavy atom. The number of amides is 2. The van der Waals surface area contributed by atoms with Gasteiger partial charge < -0.3 is 76.5 Å². The van der Waals surface area contributed by atoms with E-state index in [2.05, 4.69) is 15.6 Å². The SMILES string of the molecule is CC(=O)OC[C@H]1O[C@H]([n+]2ccc(C(=O)NCCCCCCn3cc(CCCCCCN(Cc4ccc5c(c4)OCCOCCOCCOc4ccccc4OCCOCCOCCO5)C(=O)OC(C)(C)C)nn3)cc2)[C@@H](OC(C)=O)[C@@H](OC(C)=O)[C@@H]1OC(C)=O. The van der Waals surface area contributed by atoms with E-state index in [1.165, 1.54) is 30.8 Å². The van der Waals surface area contributed by atoms with Crippen molar-refractivity contribution in [1.82, 2.24) is 25.2 Å². The summed E-state index contributed by atoms with van der Waals surface area (Å²) in [6.07, 6.45) is 6.25. The number of para-hydroxylation sites is 2. The van der Waals surface area contributed by atoms with Crippen LogP contribution in [0.4, 0.5) is 4.79 Å². The number of nitrogens with one attached hydrogen (secondary N) is 1. The van der Waals surface area contributed by atoms with Crippen LogP contribution in [0.3, 0.4) is 0 Å². The van der Waals surface area contributed by atoms with Crippen LogP contribution in [0.15, 0.2) is 73.2 Å². The van der Waals surface area contributed by atoms with E-state index >= 15 is 0 Å². The van der Waals surface area contributed by atoms with Crippen molar-refractivity contribution in [3.63, 3.8) is 0 Å². The van der Waals surface area contributed by atoms with Crippen LogP contribution in [0.2, 0.25) is 0 Å². The van der Waals surface area contributed by atoms with Crippen molar-refractivity contribution >= 4 is 35.9 Å². The molecule has 2 aromatic carbocycles. The zero-order valence-corrected chi connectivity index (χ0v) is 53.1. The van der Waals surface area contributed by atoms with Crippen molar-refractivity contribution in [2.24, 2.45) is 0 Å². The highest BCUT2D eigenvalue weighted by Gasteiger charge is 2.56. The van der Waals surface area contributed by atoms with Crippen LogP contribution in [0.5, 0.6) is 23.0 Å². The first-order valence-corrected chi connectivity index (χ1v) is 30.9. The number of hydrogen-bond donors (Lipinski definition) is 1. The maximum Gasteiger partial charge on any atom is 0.410 e. The molecular formula is C64H91N6O20+. The molecule has 2 aromatic heterocycles. The minimum atomic E-state index is -1.33. The molecule has 0 unspecified atom stereocenters. The molecule has 0 radical (unpaired) electrons. The van der Waals surface area contributed by atoms with Crippen molar-refractivity contribution in [2.75, 3.05) is 99.0 Å². The van der Waals surface area contributed by atoms with Crippen molar-refractivity contribution in [2.45, 2.75) is 156 Å². The van der Waals surface area contributed by atoms with Gasteiger partial charge in [0.25, 0.3) is 5.91 Å². The number of fused-ring (bicyclic) bond motifs is 2. The van der Waals surface area contributed by atoms with E-state index in [4.69, 9.17) is 66.3 Å². The van der Waals surface area contributed by atoms with Gasteiger partial charge in [-0.05, 0) is 82.7 Å². The summed E-state index contributed by atoms with van der Waals surface area (Å²) >= 11 is 0. The lowest BCUT2D eigenvalue weighted by Gasteiger charge is -2.41. The van der Waals surface area contributed by atoms with Gasteiger partial charge in [0.15, 0.2) is 47.6 Å². The molecule has 0 saturated carbocycles. The topological polar surface area (TPSA) is 281 Å². The van der Waals surface area contributed by atoms with E-state index in [9.17, 15) is 28.8 Å². The number of aryl methyl sites for hydroxylation is 2. The Hall–Kier alpha value is -7.65. The number of rotatable bonds is 23. The van der Waals surface area contributed by atoms with Gasteiger partial charge in [-0.15, -0.1) is 5.10 Å². The molecule has 5 atom stereocenters. The summed E-state index contributed by atoms with van der Waals surface area (Å²) < 4.78 is 84.3. The molecule has 2 aliphatic rings. The second kappa shape index (κ2) is 38.8. The van der Waals surface area contributed by atoms with E-state index in [1.54, 1.807) is 17.0 Å². The normalized spacial score (nSPS) is 19.0. The number of nitrogens with zero attached hydrogens (tertiary/aromatic N) is 5. The molecule has 1 fully saturated rings. The maximum absolute atomic E-state index is 13.6. The summed E-state index contributed by atoms with van der Waals surface area (Å²) in [5.41, 5.74) is 1.44. The Kier molecular flexibility index (Phi) is 30.8. The molecule has 90 heavy (non-hydrogen) atoms. The third-order valence-electron chi connectivity index (χ3n) is 13.7. The third kappa shape index (κ3) is 26.4. The van der Waals surface area contributed by atoms with Gasteiger partial charge in [-0.25, -0.2) is 4.79 Å². The Morgan fingerprint density at radius 1 is 0.611 bits per heavy atom. The van der Waals surface area contributed by atoms with Crippen LogP contribution in [0.25, 0.3) is 0 Å². The smallest absolute Gasteiger partial charge is 0.410 e. The van der Waals surface area contributed by atoms with Crippen molar-refractivity contribution in [3.05, 3.63) is 90.0 Å². The molecule has 2 amide bonds. The molecule has 4 aromatic rings. The van der Waals surface area contributed by atoms with Crippen LogP contribution < -0.4 is 28.8 Å². The van der Waals surface area contributed by atoms with Crippen LogP contribution in [0, 0.1) is 0 Å². The second-order valence-electron chi connectivity index (χ2n) is 22.4. The van der Waals surface area contributed by atoms with Crippen LogP contribution >= 0.6 is 0 Å². The molecule has 2 aliphatic heterocycles. The molecule has 0 aliphatic carbocycles. The molecule has 4 heterocycles. The maximum atomic E-state index is 13.6. The fourth-order valence-corrected chi connectivity index (χ4v) is 9.62. The van der Waals surface area contributed by atoms with Gasteiger partial charge in [-0.3, -0.25) is 28.7 Å². The highest BCUT2D eigenvalue weighted by molar-refractivity contribution is 5.93. The summed E-state index contributed by atoms with van der Waals surface area (Å²) in [5.74, 6) is -0.782. The van der Waals surface area contributed by atoms with Gasteiger partial charge in [0.2, 0.25) is 6.10 Å². The number of carbonyl (C=O) groups is 6. The Morgan fingerprint density at radius 2 is 1.14 bits per heavy atom. The zero-order valence-electron chi connectivity index (χ0n) is 53.1. The molecule has 1 N–H and O–H groups in total. The van der Waals surface area contributed by atoms with Gasteiger partial charge in [0.1, 0.15) is 44.7 Å². The lowest BCUT2D eigenvalue weighted by atomic mass is 9.97. The molecule has 26 nitrogen and oxygen atoms in total. The van der Waals surface area contributed by atoms with Crippen LogP contribution in [-0.4, -0.2) is 185 Å². The summed E-state index contributed by atoms with van der Waals surface area (Å²) in [6.45, 7) is 16.1. The Balaban J connectivity index is 0.897. The minimum absolute atomic E-state index is 0.260. The van der Waals surface area contributed by atoms with Crippen LogP contribution in [0.1, 0.15) is 128 Å². The number of esters is 4. The summed E-state index contributed by atoms with van der Waals surface area (Å²) in [5, 5.41) is 11.7. The molecule has 26 heteroatoms. The molecular weight excluding hydrogens is 1170 g/mol. The van der Waals surface area contributed by atoms with Gasteiger partial charge in [-0.1, -0.05) is 49.1 Å². The standard InChI is InChI=1S/C64H90N6O20/c1-46(71)85-45-57-58(86-47(2)72)59(87-48(3)73)60(88-49(4)74)62(89-57)68-28-23-51(24-29-68)61(75)65-25-15-9-11-17-27-70-44-52(66-67-70)18-12-8-10-16-26-69(63(76)90-64(5,6)7)43-50-21-22-55-56(42-50)84-41-37-80-33-32-78-35-39-82-54-20-14-13-19-53(54)81-38-34-77-30-31-79-36-40-83-55/h13-14,19-24,28-29,42,44,57-60,62H,8-12,15-18,25-27,30-41,43,45H2,1-7H3/p+1/t57-,58-,59+,60+,62+/m1/s1. The zero-order chi connectivity index (χ0) is 64.5. The first-order valence-electron chi connectivity index (χ1n) is 30.9. The second-order valence-corrected chi connectivity index (χ2v) is 22.4. The Labute approximate surface area is 526 Å². The van der Waals surface area contributed by atoms with Gasteiger partial charge in [0.05, 0.1) is 64.1 Å². The summed E-state index contributed by atoms with van der Waals surface area (Å²) in [7, 11) is 0. The number of ether oxygens (including phenoxy) is 14. The molecule has 6 rings (SSSR count). The van der Waals surface area contributed by atoms with E-state index in [0.717, 1.165) is 82.9 Å². The van der Waals surface area contributed by atoms with E-state index in [1.807, 2.05) is 74.1 Å². The quantitative estimate of drug-likeness (QED) is 0.0352. The predicted octanol–water partition coefficient (Wildman–Crippen LogP) is 6.65. The van der Waals surface area contributed by atoms with E-state index in [-0.39, 0.29) is 25.7 Å². The number of pyridine rings is 1. The van der Waals surface area contributed by atoms with Gasteiger partial charge in [-0.2, -0.15) is 4.57 Å². The molecule has 0 bridgehead atoms. The van der Waals surface area contributed by atoms with Crippen LogP contribution in [-0.2, 0) is 86.1 Å². The average molecular weight is 1260 g/mol. The molecule has 0 spiro atoms. The summed E-state index contributed by atoms with van der Waals surface area (Å²) in [6, 6.07) is 16.3. The predicted molar refractivity (Wildman–Crippen MR) is 322 cm³/mol. The minimum Gasteiger partial charge on any atom is -0.487 e. The number of aromatic nitrogens is 4. The lowest BCUT2D eigenvalue weighted by molar-refractivity contribution is -0.777. The van der Waals surface area contributed by atoms with E-state index in [0.29, 0.717) is 121 Å². The fourth-order valence-electron chi connectivity index (χ4n) is 9.62. The fraction of sp³-hybridized carbons (Fsp3) is 0.609. The first-order chi connectivity index (χ1) is 43.4.